The summed E-state index contributed by atoms with van der Waals surface area (Å²) in [4.78, 5) is 10.1. The number of carbonyl (C=O) groups is 1. The first-order valence-corrected chi connectivity index (χ1v) is 6.65. The standard InChI is InChI=1S/C9H11NO.C8H11N/c1-8-3-2-4-9(6-5-8)10-7-11;1-7-5-3-4-6-8(7)9-2/h2,4-7H,3H2,1H3,(H,10,11);3-6,9H,1-2H3. The highest BCUT2D eigenvalue weighted by molar-refractivity contribution is 5.52. The predicted octanol–water partition coefficient (Wildman–Crippen LogP) is 3.56. The number of nitrogens with one attached hydrogen (secondary N) is 2. The zero-order valence-corrected chi connectivity index (χ0v) is 12.3. The Morgan fingerprint density at radius 1 is 1.15 bits per heavy atom. The highest BCUT2D eigenvalue weighted by atomic mass is 16.1. The summed E-state index contributed by atoms with van der Waals surface area (Å²) in [6, 6.07) is 8.22. The average molecular weight is 270 g/mol. The summed E-state index contributed by atoms with van der Waals surface area (Å²) in [5.74, 6) is 0. The highest BCUT2D eigenvalue weighted by Crippen LogP contribution is 2.11. The minimum atomic E-state index is 0.685. The van der Waals surface area contributed by atoms with Gasteiger partial charge in [0.2, 0.25) is 6.41 Å². The van der Waals surface area contributed by atoms with Gasteiger partial charge in [-0.3, -0.25) is 4.79 Å². The van der Waals surface area contributed by atoms with E-state index in [1.807, 2.05) is 43.5 Å². The summed E-state index contributed by atoms with van der Waals surface area (Å²) in [6.07, 6.45) is 9.48. The molecule has 0 aliphatic heterocycles. The highest BCUT2D eigenvalue weighted by Gasteiger charge is 1.92. The number of aryl methyl sites for hydroxylation is 1. The van der Waals surface area contributed by atoms with Gasteiger partial charge in [0.25, 0.3) is 0 Å². The molecule has 1 aromatic carbocycles. The minimum Gasteiger partial charge on any atom is -0.388 e. The van der Waals surface area contributed by atoms with Crippen LogP contribution in [-0.4, -0.2) is 13.5 Å². The molecule has 3 heteroatoms. The Kier molecular flexibility index (Phi) is 6.90. The molecule has 20 heavy (non-hydrogen) atoms. The maximum Gasteiger partial charge on any atom is 0.211 e. The lowest BCUT2D eigenvalue weighted by Gasteiger charge is -2.01. The predicted molar refractivity (Wildman–Crippen MR) is 85.5 cm³/mol. The molecular formula is C17H22N2O. The van der Waals surface area contributed by atoms with Crippen LogP contribution in [-0.2, 0) is 4.79 Å². The first-order valence-electron chi connectivity index (χ1n) is 6.65. The van der Waals surface area contributed by atoms with Crippen molar-refractivity contribution in [1.82, 2.24) is 5.32 Å². The number of hydrogen-bond donors (Lipinski definition) is 2. The van der Waals surface area contributed by atoms with Crippen LogP contribution < -0.4 is 10.6 Å². The van der Waals surface area contributed by atoms with Crippen LogP contribution in [0.25, 0.3) is 0 Å². The second-order valence-corrected chi connectivity index (χ2v) is 4.57. The fraction of sp³-hybridized carbons (Fsp3) is 0.235. The summed E-state index contributed by atoms with van der Waals surface area (Å²) in [6.45, 7) is 4.15. The van der Waals surface area contributed by atoms with Gasteiger partial charge in [-0.25, -0.2) is 0 Å². The van der Waals surface area contributed by atoms with Gasteiger partial charge >= 0.3 is 0 Å². The van der Waals surface area contributed by atoms with Crippen LogP contribution in [0.1, 0.15) is 18.9 Å². The SMILES string of the molecule is CC1=CC=C(NC=O)C=CC1.CNc1ccccc1C. The number of anilines is 1. The maximum atomic E-state index is 10.1. The number of allylic oxidation sites excluding steroid dienone is 5. The number of benzene rings is 1. The molecule has 0 bridgehead atoms. The van der Waals surface area contributed by atoms with Gasteiger partial charge in [0.05, 0.1) is 0 Å². The maximum absolute atomic E-state index is 10.1. The van der Waals surface area contributed by atoms with E-state index in [9.17, 15) is 4.79 Å². The van der Waals surface area contributed by atoms with E-state index in [4.69, 9.17) is 0 Å². The molecule has 2 N–H and O–H groups in total. The second-order valence-electron chi connectivity index (χ2n) is 4.57. The van der Waals surface area contributed by atoms with Crippen LogP contribution in [0.2, 0.25) is 0 Å². The number of hydrogen-bond acceptors (Lipinski definition) is 2. The molecule has 0 saturated heterocycles. The van der Waals surface area contributed by atoms with Gasteiger partial charge in [0, 0.05) is 18.4 Å². The van der Waals surface area contributed by atoms with Crippen molar-refractivity contribution in [3.05, 3.63) is 65.4 Å². The van der Waals surface area contributed by atoms with E-state index in [0.29, 0.717) is 6.41 Å². The van der Waals surface area contributed by atoms with E-state index in [-0.39, 0.29) is 0 Å². The summed E-state index contributed by atoms with van der Waals surface area (Å²) in [5.41, 5.74) is 4.64. The van der Waals surface area contributed by atoms with Crippen molar-refractivity contribution in [2.45, 2.75) is 20.3 Å². The quantitative estimate of drug-likeness (QED) is 0.825. The third kappa shape index (κ3) is 5.57. The Hall–Kier alpha value is -2.29. The van der Waals surface area contributed by atoms with E-state index in [1.54, 1.807) is 0 Å². The molecule has 0 atom stereocenters. The Labute approximate surface area is 121 Å². The molecule has 0 aromatic heterocycles. The topological polar surface area (TPSA) is 41.1 Å². The van der Waals surface area contributed by atoms with Gasteiger partial charge in [-0.2, -0.15) is 0 Å². The van der Waals surface area contributed by atoms with Crippen LogP contribution in [0.4, 0.5) is 5.69 Å². The molecular weight excluding hydrogens is 248 g/mol. The monoisotopic (exact) mass is 270 g/mol. The molecule has 0 radical (unpaired) electrons. The number of amides is 1. The van der Waals surface area contributed by atoms with Gasteiger partial charge in [0.15, 0.2) is 0 Å². The largest absolute Gasteiger partial charge is 0.388 e. The smallest absolute Gasteiger partial charge is 0.211 e. The molecule has 0 saturated carbocycles. The van der Waals surface area contributed by atoms with Gasteiger partial charge in [-0.05, 0) is 44.1 Å². The molecule has 2 rings (SSSR count). The number of carbonyl (C=O) groups excluding carboxylic acids is 1. The lowest BCUT2D eigenvalue weighted by atomic mass is 10.2. The van der Waals surface area contributed by atoms with Crippen molar-refractivity contribution in [2.24, 2.45) is 0 Å². The zero-order valence-electron chi connectivity index (χ0n) is 12.3. The Bertz CT molecular complexity index is 528. The van der Waals surface area contributed by atoms with Gasteiger partial charge in [-0.1, -0.05) is 35.9 Å². The van der Waals surface area contributed by atoms with Gasteiger partial charge < -0.3 is 10.6 Å². The fourth-order valence-corrected chi connectivity index (χ4v) is 1.75. The van der Waals surface area contributed by atoms with Crippen molar-refractivity contribution in [3.8, 4) is 0 Å². The first kappa shape index (κ1) is 15.8. The van der Waals surface area contributed by atoms with Crippen molar-refractivity contribution in [3.63, 3.8) is 0 Å². The van der Waals surface area contributed by atoms with Crippen molar-refractivity contribution >= 4 is 12.1 Å². The molecule has 106 valence electrons. The summed E-state index contributed by atoms with van der Waals surface area (Å²) < 4.78 is 0. The van der Waals surface area contributed by atoms with Gasteiger partial charge in [-0.15, -0.1) is 0 Å². The minimum absolute atomic E-state index is 0.685. The van der Waals surface area contributed by atoms with E-state index < -0.39 is 0 Å². The van der Waals surface area contributed by atoms with Crippen molar-refractivity contribution < 1.29 is 4.79 Å². The number of rotatable bonds is 3. The third-order valence-corrected chi connectivity index (χ3v) is 2.92. The molecule has 1 amide bonds. The van der Waals surface area contributed by atoms with E-state index >= 15 is 0 Å². The van der Waals surface area contributed by atoms with Crippen LogP contribution >= 0.6 is 0 Å². The molecule has 0 spiro atoms. The lowest BCUT2D eigenvalue weighted by Crippen LogP contribution is -2.07. The summed E-state index contributed by atoms with van der Waals surface area (Å²) >= 11 is 0. The average Bonchev–Trinajstić information content (AvgIpc) is 2.66. The Morgan fingerprint density at radius 2 is 1.90 bits per heavy atom. The van der Waals surface area contributed by atoms with Crippen molar-refractivity contribution in [2.75, 3.05) is 12.4 Å². The van der Waals surface area contributed by atoms with E-state index in [2.05, 4.69) is 36.6 Å². The molecule has 0 unspecified atom stereocenters. The summed E-state index contributed by atoms with van der Waals surface area (Å²) in [7, 11) is 1.93. The lowest BCUT2D eigenvalue weighted by molar-refractivity contribution is -0.108. The molecule has 1 aromatic rings. The van der Waals surface area contributed by atoms with Crippen LogP contribution in [0.5, 0.6) is 0 Å². The first-order chi connectivity index (χ1) is 9.67. The fourth-order valence-electron chi connectivity index (χ4n) is 1.75. The third-order valence-electron chi connectivity index (χ3n) is 2.92. The molecule has 0 heterocycles. The normalized spacial score (nSPS) is 13.2. The Balaban J connectivity index is 0.000000204. The van der Waals surface area contributed by atoms with Crippen LogP contribution in [0.3, 0.4) is 0 Å². The second kappa shape index (κ2) is 8.75. The van der Waals surface area contributed by atoms with E-state index in [0.717, 1.165) is 12.1 Å². The van der Waals surface area contributed by atoms with Crippen molar-refractivity contribution in [1.29, 1.82) is 0 Å². The Morgan fingerprint density at radius 3 is 2.50 bits per heavy atom. The van der Waals surface area contributed by atoms with Crippen LogP contribution in [0, 0.1) is 6.92 Å². The summed E-state index contributed by atoms with van der Waals surface area (Å²) in [5, 5.41) is 5.69. The molecule has 1 aliphatic rings. The van der Waals surface area contributed by atoms with Crippen LogP contribution in [0.15, 0.2) is 59.8 Å². The van der Waals surface area contributed by atoms with E-state index in [1.165, 1.54) is 16.8 Å². The van der Waals surface area contributed by atoms with Gasteiger partial charge in [0.1, 0.15) is 0 Å². The molecule has 1 aliphatic carbocycles. The number of para-hydroxylation sites is 1. The molecule has 3 nitrogen and oxygen atoms in total. The zero-order chi connectivity index (χ0) is 14.8. The molecule has 0 fully saturated rings.